The average Bonchev–Trinajstić information content (AvgIpc) is 3.14. The van der Waals surface area contributed by atoms with E-state index in [1.54, 1.807) is 0 Å². The van der Waals surface area contributed by atoms with Gasteiger partial charge in [0.25, 0.3) is 0 Å². The molecule has 0 aliphatic carbocycles. The van der Waals surface area contributed by atoms with Gasteiger partial charge in [0, 0.05) is 25.8 Å². The zero-order chi connectivity index (χ0) is 39.1. The van der Waals surface area contributed by atoms with E-state index in [0.717, 1.165) is 90.3 Å². The summed E-state index contributed by atoms with van der Waals surface area (Å²) in [5.74, 6) is 0.492. The van der Waals surface area contributed by atoms with E-state index in [-0.39, 0.29) is 24.1 Å². The molecule has 316 valence electrons. The number of carbonyl (C=O) groups excluding carboxylic acids is 2. The van der Waals surface area contributed by atoms with Crippen molar-refractivity contribution in [2.24, 2.45) is 5.41 Å². The van der Waals surface area contributed by atoms with E-state index < -0.39 is 0 Å². The summed E-state index contributed by atoms with van der Waals surface area (Å²) < 4.78 is 6.03. The van der Waals surface area contributed by atoms with Crippen LogP contribution in [0.5, 0.6) is 0 Å². The quantitative estimate of drug-likeness (QED) is 0.0497. The molecule has 1 atom stereocenters. The number of esters is 1. The first kappa shape index (κ1) is 52.1. The fourth-order valence-corrected chi connectivity index (χ4v) is 7.90. The van der Waals surface area contributed by atoms with Gasteiger partial charge in [0.05, 0.1) is 6.61 Å². The Morgan fingerprint density at radius 3 is 1.42 bits per heavy atom. The molecule has 0 aromatic carbocycles. The predicted octanol–water partition coefficient (Wildman–Crippen LogP) is 14.5. The number of Topliss-reactive ketones (excluding diaryl/α,β-unsaturated/α-hetero) is 1. The fourth-order valence-electron chi connectivity index (χ4n) is 7.90. The van der Waals surface area contributed by atoms with E-state index in [1.807, 2.05) is 0 Å². The van der Waals surface area contributed by atoms with Crippen molar-refractivity contribution in [1.29, 1.82) is 0 Å². The number of ether oxygens (including phenoxy) is 1. The third kappa shape index (κ3) is 35.2. The maximum atomic E-state index is 12.8. The summed E-state index contributed by atoms with van der Waals surface area (Å²) in [6, 6.07) is 0. The smallest absolute Gasteiger partial charge is 0.306 e. The molecule has 0 radical (unpaired) electrons. The number of hydrogen-bond acceptors (Lipinski definition) is 5. The summed E-state index contributed by atoms with van der Waals surface area (Å²) in [5, 5.41) is 9.60. The molecule has 0 aromatic heterocycles. The van der Waals surface area contributed by atoms with Gasteiger partial charge in [0.15, 0.2) is 0 Å². The van der Waals surface area contributed by atoms with Gasteiger partial charge in [-0.3, -0.25) is 9.59 Å². The minimum atomic E-state index is 0.0194. The Balaban J connectivity index is 4.10. The van der Waals surface area contributed by atoms with Crippen molar-refractivity contribution in [1.82, 2.24) is 4.90 Å². The van der Waals surface area contributed by atoms with Gasteiger partial charge in [0.2, 0.25) is 0 Å². The highest BCUT2D eigenvalue weighted by Crippen LogP contribution is 2.33. The molecule has 53 heavy (non-hydrogen) atoms. The van der Waals surface area contributed by atoms with Crippen molar-refractivity contribution >= 4 is 11.8 Å². The van der Waals surface area contributed by atoms with Crippen LogP contribution in [0.25, 0.3) is 0 Å². The van der Waals surface area contributed by atoms with Gasteiger partial charge in [-0.15, -0.1) is 0 Å². The Labute approximate surface area is 332 Å². The number of nitrogens with zero attached hydrogens (tertiary/aromatic N) is 1. The monoisotopic (exact) mass is 750 g/mol. The van der Waals surface area contributed by atoms with Crippen LogP contribution in [0.3, 0.4) is 0 Å². The van der Waals surface area contributed by atoms with Crippen LogP contribution in [-0.2, 0) is 14.3 Å². The van der Waals surface area contributed by atoms with Gasteiger partial charge in [-0.05, 0) is 76.3 Å². The SMILES string of the molecule is CCCCCCCCC(CCCCCCCC)OC(=O)CCCCCCCN(CCO)CCCCCCCC(=O)CC(C)(CC)CCCCCCCC. The molecule has 0 aliphatic heterocycles. The maximum absolute atomic E-state index is 12.8. The molecule has 5 nitrogen and oxygen atoms in total. The summed E-state index contributed by atoms with van der Waals surface area (Å²) >= 11 is 0. The van der Waals surface area contributed by atoms with E-state index in [2.05, 4.69) is 39.5 Å². The number of aliphatic hydroxyl groups excluding tert-OH is 1. The van der Waals surface area contributed by atoms with Crippen molar-refractivity contribution in [2.75, 3.05) is 26.2 Å². The van der Waals surface area contributed by atoms with Crippen molar-refractivity contribution in [3.63, 3.8) is 0 Å². The molecular weight excluding hydrogens is 655 g/mol. The van der Waals surface area contributed by atoms with E-state index in [4.69, 9.17) is 4.74 Å². The normalized spacial score (nSPS) is 12.9. The van der Waals surface area contributed by atoms with Crippen LogP contribution in [0.2, 0.25) is 0 Å². The van der Waals surface area contributed by atoms with Crippen LogP contribution in [0.1, 0.15) is 259 Å². The summed E-state index contributed by atoms with van der Waals surface area (Å²) in [6.45, 7) is 14.5. The van der Waals surface area contributed by atoms with Crippen molar-refractivity contribution in [2.45, 2.75) is 265 Å². The summed E-state index contributed by atoms with van der Waals surface area (Å²) in [6.07, 6.45) is 41.2. The fraction of sp³-hybridized carbons (Fsp3) is 0.958. The lowest BCUT2D eigenvalue weighted by Gasteiger charge is -2.27. The lowest BCUT2D eigenvalue weighted by molar-refractivity contribution is -0.150. The largest absolute Gasteiger partial charge is 0.462 e. The molecule has 5 heteroatoms. The molecule has 0 saturated carbocycles. The third-order valence-corrected chi connectivity index (χ3v) is 11.9. The third-order valence-electron chi connectivity index (χ3n) is 11.9. The molecule has 0 aromatic rings. The molecule has 0 rings (SSSR count). The van der Waals surface area contributed by atoms with Gasteiger partial charge in [0.1, 0.15) is 11.9 Å². The molecule has 0 heterocycles. The standard InChI is InChI=1S/C48H95NO4/c1-6-10-13-16-22-29-36-46(37-30-23-17-14-11-7-2)53-47(52)38-31-24-20-27-34-41-49(42-43-50)40-33-26-19-21-28-35-45(51)44-48(5,9-4)39-32-25-18-15-12-8-3/h46,50H,6-44H2,1-5H3. The van der Waals surface area contributed by atoms with Crippen molar-refractivity contribution in [3.8, 4) is 0 Å². The van der Waals surface area contributed by atoms with Crippen LogP contribution in [0, 0.1) is 5.41 Å². The Bertz CT molecular complexity index is 772. The highest BCUT2D eigenvalue weighted by atomic mass is 16.5. The lowest BCUT2D eigenvalue weighted by Crippen LogP contribution is -2.29. The van der Waals surface area contributed by atoms with E-state index in [0.29, 0.717) is 12.2 Å². The second kappa shape index (κ2) is 39.3. The molecule has 0 amide bonds. The molecule has 0 aliphatic rings. The number of unbranched alkanes of at least 4 members (excludes halogenated alkanes) is 23. The minimum Gasteiger partial charge on any atom is -0.462 e. The van der Waals surface area contributed by atoms with Crippen LogP contribution < -0.4 is 0 Å². The summed E-state index contributed by atoms with van der Waals surface area (Å²) in [7, 11) is 0. The first-order chi connectivity index (χ1) is 25.8. The summed E-state index contributed by atoms with van der Waals surface area (Å²) in [4.78, 5) is 27.9. The predicted molar refractivity (Wildman–Crippen MR) is 231 cm³/mol. The van der Waals surface area contributed by atoms with Gasteiger partial charge >= 0.3 is 5.97 Å². The zero-order valence-corrected chi connectivity index (χ0v) is 36.8. The Hall–Kier alpha value is -0.940. The Morgan fingerprint density at radius 2 is 0.943 bits per heavy atom. The number of carbonyl (C=O) groups is 2. The lowest BCUT2D eigenvalue weighted by atomic mass is 9.77. The number of rotatable bonds is 43. The molecule has 1 N–H and O–H groups in total. The average molecular weight is 750 g/mol. The molecule has 0 bridgehead atoms. The topological polar surface area (TPSA) is 66.8 Å². The summed E-state index contributed by atoms with van der Waals surface area (Å²) in [5.41, 5.74) is 0.190. The Kier molecular flexibility index (Phi) is 38.6. The Morgan fingerprint density at radius 1 is 0.528 bits per heavy atom. The van der Waals surface area contributed by atoms with Gasteiger partial charge in [-0.25, -0.2) is 0 Å². The second-order valence-corrected chi connectivity index (χ2v) is 17.2. The van der Waals surface area contributed by atoms with E-state index in [1.165, 1.54) is 148 Å². The zero-order valence-electron chi connectivity index (χ0n) is 36.8. The second-order valence-electron chi connectivity index (χ2n) is 17.2. The number of hydrogen-bond donors (Lipinski definition) is 1. The van der Waals surface area contributed by atoms with Crippen molar-refractivity contribution in [3.05, 3.63) is 0 Å². The highest BCUT2D eigenvalue weighted by Gasteiger charge is 2.24. The molecule has 0 spiro atoms. The number of aliphatic hydroxyl groups is 1. The first-order valence-corrected chi connectivity index (χ1v) is 23.9. The van der Waals surface area contributed by atoms with E-state index >= 15 is 0 Å². The van der Waals surface area contributed by atoms with Crippen LogP contribution >= 0.6 is 0 Å². The van der Waals surface area contributed by atoms with E-state index in [9.17, 15) is 14.7 Å². The number of ketones is 1. The van der Waals surface area contributed by atoms with Crippen molar-refractivity contribution < 1.29 is 19.4 Å². The van der Waals surface area contributed by atoms with Gasteiger partial charge < -0.3 is 14.7 Å². The van der Waals surface area contributed by atoms with Crippen LogP contribution in [-0.4, -0.2) is 54.1 Å². The molecule has 0 fully saturated rings. The van der Waals surface area contributed by atoms with Gasteiger partial charge in [-0.2, -0.15) is 0 Å². The maximum Gasteiger partial charge on any atom is 0.306 e. The highest BCUT2D eigenvalue weighted by molar-refractivity contribution is 5.79. The van der Waals surface area contributed by atoms with Crippen LogP contribution in [0.4, 0.5) is 0 Å². The minimum absolute atomic E-state index is 0.0194. The molecule has 0 saturated heterocycles. The first-order valence-electron chi connectivity index (χ1n) is 23.9. The van der Waals surface area contributed by atoms with Crippen LogP contribution in [0.15, 0.2) is 0 Å². The molecule has 1 unspecified atom stereocenters. The van der Waals surface area contributed by atoms with Gasteiger partial charge in [-0.1, -0.05) is 182 Å². The molecular formula is C48H95NO4.